The van der Waals surface area contributed by atoms with Crippen LogP contribution in [0.15, 0.2) is 52.9 Å². The van der Waals surface area contributed by atoms with Crippen LogP contribution in [0.4, 0.5) is 5.69 Å². The number of carbonyl (C=O) groups is 1. The SMILES string of the molecule is Cc1cc(C(=O)CSc2nc3ccc([N+](=O)[O-])cc3s2)c(C)n1Cc1ccccc1Cl. The molecule has 0 radical (unpaired) electrons. The van der Waals surface area contributed by atoms with E-state index in [1.165, 1.54) is 35.2 Å². The monoisotopic (exact) mass is 471 g/mol. The topological polar surface area (TPSA) is 78.0 Å². The molecule has 0 N–H and O–H groups in total. The standard InChI is InChI=1S/C22H18ClN3O3S2/c1-13-9-17(14(2)25(13)11-15-5-3-4-6-18(15)23)20(27)12-30-22-24-19-8-7-16(26(28)29)10-21(19)31-22/h3-10H,11-12H2,1-2H3. The van der Waals surface area contributed by atoms with Gasteiger partial charge < -0.3 is 4.57 Å². The first-order valence-electron chi connectivity index (χ1n) is 9.44. The highest BCUT2D eigenvalue weighted by atomic mass is 35.5. The summed E-state index contributed by atoms with van der Waals surface area (Å²) in [6.45, 7) is 4.53. The molecule has 0 atom stereocenters. The van der Waals surface area contributed by atoms with Gasteiger partial charge in [0, 0.05) is 40.7 Å². The first-order chi connectivity index (χ1) is 14.8. The van der Waals surface area contributed by atoms with Crippen LogP contribution in [0.2, 0.25) is 5.02 Å². The predicted molar refractivity (Wildman–Crippen MR) is 126 cm³/mol. The normalized spacial score (nSPS) is 11.2. The van der Waals surface area contributed by atoms with Gasteiger partial charge in [0.25, 0.3) is 5.69 Å². The Balaban J connectivity index is 1.49. The Bertz CT molecular complexity index is 1310. The zero-order chi connectivity index (χ0) is 22.1. The third kappa shape index (κ3) is 4.51. The molecule has 0 saturated carbocycles. The van der Waals surface area contributed by atoms with Gasteiger partial charge in [-0.15, -0.1) is 11.3 Å². The van der Waals surface area contributed by atoms with E-state index >= 15 is 0 Å². The first-order valence-corrected chi connectivity index (χ1v) is 11.6. The van der Waals surface area contributed by atoms with E-state index in [0.717, 1.165) is 21.7 Å². The lowest BCUT2D eigenvalue weighted by Crippen LogP contribution is -2.07. The Labute approximate surface area is 192 Å². The molecular weight excluding hydrogens is 454 g/mol. The minimum atomic E-state index is -0.423. The molecule has 0 bridgehead atoms. The molecule has 9 heteroatoms. The molecule has 158 valence electrons. The van der Waals surface area contributed by atoms with E-state index in [1.807, 2.05) is 44.2 Å². The summed E-state index contributed by atoms with van der Waals surface area (Å²) >= 11 is 9.01. The zero-order valence-corrected chi connectivity index (χ0v) is 19.2. The third-order valence-electron chi connectivity index (χ3n) is 5.05. The molecule has 2 heterocycles. The van der Waals surface area contributed by atoms with Crippen molar-refractivity contribution in [3.05, 3.63) is 86.2 Å². The number of non-ortho nitro benzene ring substituents is 1. The number of hydrogen-bond donors (Lipinski definition) is 0. The van der Waals surface area contributed by atoms with E-state index in [1.54, 1.807) is 6.07 Å². The lowest BCUT2D eigenvalue weighted by atomic mass is 10.2. The Kier molecular flexibility index (Phi) is 6.13. The predicted octanol–water partition coefficient (Wildman–Crippen LogP) is 6.30. The molecule has 4 aromatic rings. The number of Topliss-reactive ketones (excluding diaryl/α,β-unsaturated/α-hetero) is 1. The number of fused-ring (bicyclic) bond motifs is 1. The molecule has 6 nitrogen and oxygen atoms in total. The van der Waals surface area contributed by atoms with Crippen molar-refractivity contribution in [3.8, 4) is 0 Å². The fraction of sp³-hybridized carbons (Fsp3) is 0.182. The van der Waals surface area contributed by atoms with Gasteiger partial charge in [-0.2, -0.15) is 0 Å². The number of ketones is 1. The van der Waals surface area contributed by atoms with Crippen molar-refractivity contribution in [2.24, 2.45) is 0 Å². The van der Waals surface area contributed by atoms with Crippen molar-refractivity contribution < 1.29 is 9.72 Å². The summed E-state index contributed by atoms with van der Waals surface area (Å²) in [5.41, 5.74) is 4.33. The van der Waals surface area contributed by atoms with Gasteiger partial charge in [-0.3, -0.25) is 14.9 Å². The van der Waals surface area contributed by atoms with Gasteiger partial charge in [0.1, 0.15) is 0 Å². The lowest BCUT2D eigenvalue weighted by molar-refractivity contribution is -0.384. The van der Waals surface area contributed by atoms with Crippen LogP contribution in [0.1, 0.15) is 27.3 Å². The summed E-state index contributed by atoms with van der Waals surface area (Å²) in [6, 6.07) is 14.2. The van der Waals surface area contributed by atoms with Crippen molar-refractivity contribution >= 4 is 56.4 Å². The minimum Gasteiger partial charge on any atom is -0.344 e. The molecule has 0 aliphatic heterocycles. The van der Waals surface area contributed by atoms with Crippen LogP contribution in [0.25, 0.3) is 10.2 Å². The van der Waals surface area contributed by atoms with E-state index in [4.69, 9.17) is 11.6 Å². The molecule has 0 fully saturated rings. The third-order valence-corrected chi connectivity index (χ3v) is 7.58. The number of benzene rings is 2. The number of aromatic nitrogens is 2. The van der Waals surface area contributed by atoms with Crippen molar-refractivity contribution in [2.45, 2.75) is 24.7 Å². The average molecular weight is 472 g/mol. The Morgan fingerprint density at radius 2 is 2.00 bits per heavy atom. The average Bonchev–Trinajstić information content (AvgIpc) is 3.28. The zero-order valence-electron chi connectivity index (χ0n) is 16.8. The second kappa shape index (κ2) is 8.82. The van der Waals surface area contributed by atoms with E-state index in [2.05, 4.69) is 9.55 Å². The Hall–Kier alpha value is -2.68. The summed E-state index contributed by atoms with van der Waals surface area (Å²) in [4.78, 5) is 27.9. The quantitative estimate of drug-likeness (QED) is 0.137. The maximum Gasteiger partial charge on any atom is 0.270 e. The summed E-state index contributed by atoms with van der Waals surface area (Å²) in [5.74, 6) is 0.270. The van der Waals surface area contributed by atoms with Crippen LogP contribution in [0, 0.1) is 24.0 Å². The van der Waals surface area contributed by atoms with Gasteiger partial charge in [0.15, 0.2) is 10.1 Å². The van der Waals surface area contributed by atoms with Gasteiger partial charge in [-0.05, 0) is 37.6 Å². The largest absolute Gasteiger partial charge is 0.344 e. The van der Waals surface area contributed by atoms with Crippen LogP contribution in [0.5, 0.6) is 0 Å². The number of halogens is 1. The number of nitrogens with zero attached hydrogens (tertiary/aromatic N) is 3. The number of hydrogen-bond acceptors (Lipinski definition) is 6. The fourth-order valence-corrected chi connectivity index (χ4v) is 5.58. The number of carbonyl (C=O) groups excluding carboxylic acids is 1. The highest BCUT2D eigenvalue weighted by Crippen LogP contribution is 2.32. The van der Waals surface area contributed by atoms with Crippen molar-refractivity contribution in [1.29, 1.82) is 0 Å². The first kappa shape index (κ1) is 21.5. The summed E-state index contributed by atoms with van der Waals surface area (Å²) < 4.78 is 3.55. The highest BCUT2D eigenvalue weighted by molar-refractivity contribution is 8.01. The van der Waals surface area contributed by atoms with Crippen LogP contribution < -0.4 is 0 Å². The molecule has 0 saturated heterocycles. The fourth-order valence-electron chi connectivity index (χ4n) is 3.40. The molecule has 2 aromatic heterocycles. The number of rotatable bonds is 7. The number of aryl methyl sites for hydroxylation is 1. The van der Waals surface area contributed by atoms with Crippen LogP contribution in [-0.2, 0) is 6.54 Å². The highest BCUT2D eigenvalue weighted by Gasteiger charge is 2.18. The minimum absolute atomic E-state index is 0.0220. The van der Waals surface area contributed by atoms with Gasteiger partial charge in [-0.1, -0.05) is 41.6 Å². The number of nitro benzene ring substituents is 1. The van der Waals surface area contributed by atoms with Crippen LogP contribution in [0.3, 0.4) is 0 Å². The van der Waals surface area contributed by atoms with E-state index in [9.17, 15) is 14.9 Å². The number of thiazole rings is 1. The maximum atomic E-state index is 12.9. The van der Waals surface area contributed by atoms with Crippen LogP contribution >= 0.6 is 34.7 Å². The van der Waals surface area contributed by atoms with Gasteiger partial charge >= 0.3 is 0 Å². The molecule has 0 aliphatic rings. The Morgan fingerprint density at radius 3 is 2.74 bits per heavy atom. The van der Waals surface area contributed by atoms with Gasteiger partial charge in [-0.25, -0.2) is 4.98 Å². The molecular formula is C22H18ClN3O3S2. The van der Waals surface area contributed by atoms with E-state index < -0.39 is 4.92 Å². The molecule has 0 amide bonds. The number of thioether (sulfide) groups is 1. The summed E-state index contributed by atoms with van der Waals surface area (Å²) in [6.07, 6.45) is 0. The van der Waals surface area contributed by atoms with Crippen molar-refractivity contribution in [2.75, 3.05) is 5.75 Å². The second-order valence-corrected chi connectivity index (χ2v) is 9.72. The summed E-state index contributed by atoms with van der Waals surface area (Å²) in [7, 11) is 0. The molecule has 0 spiro atoms. The number of nitro groups is 1. The van der Waals surface area contributed by atoms with Crippen LogP contribution in [-0.4, -0.2) is 26.0 Å². The molecule has 4 rings (SSSR count). The second-order valence-electron chi connectivity index (χ2n) is 7.06. The van der Waals surface area contributed by atoms with E-state index in [0.29, 0.717) is 27.0 Å². The molecule has 31 heavy (non-hydrogen) atoms. The van der Waals surface area contributed by atoms with E-state index in [-0.39, 0.29) is 17.2 Å². The van der Waals surface area contributed by atoms with Crippen molar-refractivity contribution in [1.82, 2.24) is 9.55 Å². The van der Waals surface area contributed by atoms with Gasteiger partial charge in [0.2, 0.25) is 0 Å². The van der Waals surface area contributed by atoms with Crippen molar-refractivity contribution in [3.63, 3.8) is 0 Å². The Morgan fingerprint density at radius 1 is 1.23 bits per heavy atom. The maximum absolute atomic E-state index is 12.9. The van der Waals surface area contributed by atoms with Gasteiger partial charge in [0.05, 0.1) is 20.9 Å². The molecule has 0 aliphatic carbocycles. The molecule has 0 unspecified atom stereocenters. The molecule has 2 aromatic carbocycles. The summed E-state index contributed by atoms with van der Waals surface area (Å²) in [5, 5.41) is 11.7. The lowest BCUT2D eigenvalue weighted by Gasteiger charge is -2.11. The smallest absolute Gasteiger partial charge is 0.270 e.